The molecule has 0 bridgehead atoms. The van der Waals surface area contributed by atoms with Gasteiger partial charge in [0, 0.05) is 22.7 Å². The lowest BCUT2D eigenvalue weighted by Gasteiger charge is -2.14. The number of aromatic nitrogens is 3. The zero-order chi connectivity index (χ0) is 14.5. The van der Waals surface area contributed by atoms with Crippen LogP contribution >= 0.6 is 24.0 Å². The van der Waals surface area contributed by atoms with Crippen LogP contribution in [0.15, 0.2) is 29.4 Å². The molecule has 106 valence electrons. The van der Waals surface area contributed by atoms with Crippen molar-refractivity contribution in [2.24, 2.45) is 5.73 Å². The molecule has 1 aromatic heterocycles. The third kappa shape index (κ3) is 3.10. The van der Waals surface area contributed by atoms with Gasteiger partial charge in [-0.05, 0) is 25.3 Å². The van der Waals surface area contributed by atoms with Crippen molar-refractivity contribution in [3.63, 3.8) is 0 Å². The van der Waals surface area contributed by atoms with Crippen molar-refractivity contribution in [3.05, 3.63) is 35.9 Å². The summed E-state index contributed by atoms with van der Waals surface area (Å²) >= 11 is 6.79. The molecule has 0 aliphatic rings. The molecule has 1 aromatic carbocycles. The molecule has 2 rings (SSSR count). The zero-order valence-corrected chi connectivity index (χ0v) is 13.1. The highest BCUT2D eigenvalue weighted by Gasteiger charge is 2.11. The second kappa shape index (κ2) is 6.71. The van der Waals surface area contributed by atoms with Crippen molar-refractivity contribution in [2.45, 2.75) is 24.9 Å². The van der Waals surface area contributed by atoms with Crippen LogP contribution in [0.3, 0.4) is 0 Å². The van der Waals surface area contributed by atoms with E-state index in [0.29, 0.717) is 11.5 Å². The molecule has 20 heavy (non-hydrogen) atoms. The average molecular weight is 307 g/mol. The summed E-state index contributed by atoms with van der Waals surface area (Å²) in [6, 6.07) is 5.97. The Bertz CT molecular complexity index is 609. The second-order valence-corrected chi connectivity index (χ2v) is 5.42. The summed E-state index contributed by atoms with van der Waals surface area (Å²) in [6.07, 6.45) is 3.73. The van der Waals surface area contributed by atoms with Crippen LogP contribution in [-0.2, 0) is 13.1 Å². The zero-order valence-electron chi connectivity index (χ0n) is 11.5. The average Bonchev–Trinajstić information content (AvgIpc) is 2.91. The topological polar surface area (TPSA) is 68.8 Å². The van der Waals surface area contributed by atoms with E-state index in [9.17, 15) is 0 Å². The normalized spacial score (nSPS) is 10.5. The number of rotatable bonds is 6. The van der Waals surface area contributed by atoms with Crippen LogP contribution < -0.4 is 11.1 Å². The van der Waals surface area contributed by atoms with E-state index in [4.69, 9.17) is 18.0 Å². The fourth-order valence-corrected chi connectivity index (χ4v) is 2.88. The standard InChI is InChI=1S/C13H17N5S2/c1-3-18-8-16-17-11(18)7-15-9-5-4-6-10(20-2)12(9)13(14)19/h4-6,8,15H,3,7H2,1-2H3,(H2,14,19). The van der Waals surface area contributed by atoms with Crippen LogP contribution in [0.25, 0.3) is 0 Å². The first-order valence-corrected chi connectivity index (χ1v) is 7.88. The minimum absolute atomic E-state index is 0.398. The van der Waals surface area contributed by atoms with Gasteiger partial charge >= 0.3 is 0 Å². The molecule has 0 fully saturated rings. The molecule has 0 amide bonds. The van der Waals surface area contributed by atoms with Crippen molar-refractivity contribution in [1.82, 2.24) is 14.8 Å². The van der Waals surface area contributed by atoms with Gasteiger partial charge in [-0.3, -0.25) is 0 Å². The Balaban J connectivity index is 2.23. The monoisotopic (exact) mass is 307 g/mol. The van der Waals surface area contributed by atoms with Crippen LogP contribution in [0.4, 0.5) is 5.69 Å². The lowest BCUT2D eigenvalue weighted by atomic mass is 10.1. The van der Waals surface area contributed by atoms with Gasteiger partial charge in [0.2, 0.25) is 0 Å². The molecule has 0 radical (unpaired) electrons. The van der Waals surface area contributed by atoms with E-state index in [0.717, 1.165) is 28.5 Å². The summed E-state index contributed by atoms with van der Waals surface area (Å²) in [5.74, 6) is 0.885. The van der Waals surface area contributed by atoms with Gasteiger partial charge in [-0.2, -0.15) is 0 Å². The number of nitrogens with zero attached hydrogens (tertiary/aromatic N) is 3. The summed E-state index contributed by atoms with van der Waals surface area (Å²) in [4.78, 5) is 1.47. The molecule has 0 unspecified atom stereocenters. The first-order valence-electron chi connectivity index (χ1n) is 6.24. The predicted octanol–water partition coefficient (Wildman–Crippen LogP) is 2.27. The maximum Gasteiger partial charge on any atom is 0.152 e. The Morgan fingerprint density at radius 2 is 2.30 bits per heavy atom. The lowest BCUT2D eigenvalue weighted by Crippen LogP contribution is -2.15. The Morgan fingerprint density at radius 1 is 1.50 bits per heavy atom. The summed E-state index contributed by atoms with van der Waals surface area (Å²) < 4.78 is 1.99. The molecule has 5 nitrogen and oxygen atoms in total. The van der Waals surface area contributed by atoms with E-state index in [1.54, 1.807) is 18.1 Å². The van der Waals surface area contributed by atoms with Gasteiger partial charge in [0.25, 0.3) is 0 Å². The van der Waals surface area contributed by atoms with Crippen molar-refractivity contribution in [2.75, 3.05) is 11.6 Å². The smallest absolute Gasteiger partial charge is 0.152 e. The van der Waals surface area contributed by atoms with E-state index in [-0.39, 0.29) is 0 Å². The van der Waals surface area contributed by atoms with E-state index in [2.05, 4.69) is 22.4 Å². The molecule has 2 aromatic rings. The molecule has 7 heteroatoms. The minimum atomic E-state index is 0.398. The lowest BCUT2D eigenvalue weighted by molar-refractivity contribution is 0.708. The SMILES string of the molecule is CCn1cnnc1CNc1cccc(SC)c1C(N)=S. The molecular formula is C13H17N5S2. The number of hydrogen-bond acceptors (Lipinski definition) is 5. The quantitative estimate of drug-likeness (QED) is 0.630. The van der Waals surface area contributed by atoms with Crippen LogP contribution in [0.1, 0.15) is 18.3 Å². The second-order valence-electron chi connectivity index (χ2n) is 4.13. The predicted molar refractivity (Wildman–Crippen MR) is 87.1 cm³/mol. The van der Waals surface area contributed by atoms with Crippen molar-refractivity contribution in [1.29, 1.82) is 0 Å². The number of thioether (sulfide) groups is 1. The van der Waals surface area contributed by atoms with Crippen LogP contribution in [0.5, 0.6) is 0 Å². The highest BCUT2D eigenvalue weighted by molar-refractivity contribution is 7.98. The van der Waals surface area contributed by atoms with Crippen LogP contribution in [0.2, 0.25) is 0 Å². The number of benzene rings is 1. The summed E-state index contributed by atoms with van der Waals surface area (Å²) in [5, 5.41) is 11.4. The van der Waals surface area contributed by atoms with E-state index in [1.807, 2.05) is 29.0 Å². The number of aryl methyl sites for hydroxylation is 1. The number of nitrogens with two attached hydrogens (primary N) is 1. The summed E-state index contributed by atoms with van der Waals surface area (Å²) in [7, 11) is 0. The van der Waals surface area contributed by atoms with Crippen molar-refractivity contribution >= 4 is 34.7 Å². The van der Waals surface area contributed by atoms with Gasteiger partial charge in [0.15, 0.2) is 5.82 Å². The van der Waals surface area contributed by atoms with Gasteiger partial charge < -0.3 is 15.6 Å². The number of hydrogen-bond donors (Lipinski definition) is 2. The molecule has 0 aliphatic heterocycles. The molecule has 0 atom stereocenters. The van der Waals surface area contributed by atoms with Gasteiger partial charge in [0.05, 0.1) is 6.54 Å². The molecule has 1 heterocycles. The Labute approximate surface area is 128 Å². The van der Waals surface area contributed by atoms with Crippen LogP contribution in [0, 0.1) is 0 Å². The number of thiocarbonyl (C=S) groups is 1. The third-order valence-electron chi connectivity index (χ3n) is 2.97. The highest BCUT2D eigenvalue weighted by Crippen LogP contribution is 2.27. The van der Waals surface area contributed by atoms with Gasteiger partial charge in [-0.25, -0.2) is 0 Å². The molecular weight excluding hydrogens is 290 g/mol. The summed E-state index contributed by atoms with van der Waals surface area (Å²) in [5.41, 5.74) is 7.65. The fraction of sp³-hybridized carbons (Fsp3) is 0.308. The van der Waals surface area contributed by atoms with Gasteiger partial charge in [-0.15, -0.1) is 22.0 Å². The van der Waals surface area contributed by atoms with E-state index in [1.165, 1.54) is 0 Å². The van der Waals surface area contributed by atoms with E-state index < -0.39 is 0 Å². The van der Waals surface area contributed by atoms with Crippen molar-refractivity contribution in [3.8, 4) is 0 Å². The highest BCUT2D eigenvalue weighted by atomic mass is 32.2. The molecule has 0 aliphatic carbocycles. The number of nitrogens with one attached hydrogen (secondary N) is 1. The molecule has 3 N–H and O–H groups in total. The Kier molecular flexibility index (Phi) is 4.97. The summed E-state index contributed by atoms with van der Waals surface area (Å²) in [6.45, 7) is 3.49. The van der Waals surface area contributed by atoms with Crippen molar-refractivity contribution < 1.29 is 0 Å². The van der Waals surface area contributed by atoms with Gasteiger partial charge in [0.1, 0.15) is 11.3 Å². The molecule has 0 spiro atoms. The molecule has 0 saturated carbocycles. The Hall–Kier alpha value is -1.60. The first-order chi connectivity index (χ1) is 9.67. The first kappa shape index (κ1) is 14.8. The minimum Gasteiger partial charge on any atom is -0.389 e. The maximum atomic E-state index is 5.84. The van der Waals surface area contributed by atoms with Crippen LogP contribution in [-0.4, -0.2) is 26.0 Å². The Morgan fingerprint density at radius 3 is 2.95 bits per heavy atom. The molecule has 0 saturated heterocycles. The maximum absolute atomic E-state index is 5.84. The largest absolute Gasteiger partial charge is 0.389 e. The fourth-order valence-electron chi connectivity index (χ4n) is 1.96. The van der Waals surface area contributed by atoms with E-state index >= 15 is 0 Å². The third-order valence-corrected chi connectivity index (χ3v) is 3.95. The number of anilines is 1. The van der Waals surface area contributed by atoms with Gasteiger partial charge in [-0.1, -0.05) is 18.3 Å².